The highest BCUT2D eigenvalue weighted by atomic mass is 32.2. The Kier molecular flexibility index (Phi) is 5.77. The molecule has 0 aromatic heterocycles. The normalized spacial score (nSPS) is 21.7. The third kappa shape index (κ3) is 4.05. The van der Waals surface area contributed by atoms with Crippen molar-refractivity contribution in [2.45, 2.75) is 30.6 Å². The molecule has 0 heterocycles. The van der Waals surface area contributed by atoms with Crippen molar-refractivity contribution in [2.75, 3.05) is 27.2 Å². The molecular weight excluding hydrogens is 332 g/mol. The molecule has 0 unspecified atom stereocenters. The molecule has 0 aliphatic heterocycles. The molecule has 0 spiro atoms. The van der Waals surface area contributed by atoms with Crippen LogP contribution in [0.15, 0.2) is 47.4 Å². The summed E-state index contributed by atoms with van der Waals surface area (Å²) in [6.07, 6.45) is 4.60. The number of nitrogens with zero attached hydrogens (tertiary/aromatic N) is 1. The molecular formula is C20H28N2O2S. The maximum Gasteiger partial charge on any atom is 0.243 e. The third-order valence-corrected chi connectivity index (χ3v) is 7.29. The van der Waals surface area contributed by atoms with Gasteiger partial charge >= 0.3 is 0 Å². The van der Waals surface area contributed by atoms with Gasteiger partial charge in [-0.25, -0.2) is 12.7 Å². The number of rotatable bonds is 6. The Morgan fingerprint density at radius 1 is 1.00 bits per heavy atom. The van der Waals surface area contributed by atoms with Gasteiger partial charge in [0, 0.05) is 19.0 Å². The van der Waals surface area contributed by atoms with Crippen molar-refractivity contribution < 1.29 is 8.42 Å². The summed E-state index contributed by atoms with van der Waals surface area (Å²) in [5.41, 5.74) is 0. The second-order valence-electron chi connectivity index (χ2n) is 7.21. The molecule has 1 aliphatic rings. The van der Waals surface area contributed by atoms with E-state index >= 15 is 0 Å². The molecule has 25 heavy (non-hydrogen) atoms. The predicted octanol–water partition coefficient (Wildman–Crippen LogP) is 3.49. The van der Waals surface area contributed by atoms with Gasteiger partial charge in [-0.15, -0.1) is 0 Å². The van der Waals surface area contributed by atoms with Gasteiger partial charge in [0.25, 0.3) is 0 Å². The Bertz CT molecular complexity index is 806. The Hall–Kier alpha value is -1.43. The van der Waals surface area contributed by atoms with Crippen LogP contribution in [0.3, 0.4) is 0 Å². The SMILES string of the molecule is CNCC1CCC(CN(C)S(=O)(=O)c2cccc3ccccc23)CC1. The van der Waals surface area contributed by atoms with Gasteiger partial charge in [-0.3, -0.25) is 0 Å². The lowest BCUT2D eigenvalue weighted by Crippen LogP contribution is -2.34. The maximum atomic E-state index is 13.1. The van der Waals surface area contributed by atoms with Crippen molar-refractivity contribution in [3.05, 3.63) is 42.5 Å². The van der Waals surface area contributed by atoms with Gasteiger partial charge in [-0.1, -0.05) is 36.4 Å². The molecule has 0 radical (unpaired) electrons. The molecule has 4 nitrogen and oxygen atoms in total. The zero-order chi connectivity index (χ0) is 17.9. The first-order valence-corrected chi connectivity index (χ1v) is 10.5. The summed E-state index contributed by atoms with van der Waals surface area (Å²) in [4.78, 5) is 0.414. The molecule has 0 amide bonds. The van der Waals surface area contributed by atoms with Crippen LogP contribution in [0, 0.1) is 11.8 Å². The van der Waals surface area contributed by atoms with Crippen molar-refractivity contribution in [1.29, 1.82) is 0 Å². The number of hydrogen-bond acceptors (Lipinski definition) is 3. The summed E-state index contributed by atoms with van der Waals surface area (Å²) in [6, 6.07) is 13.2. The zero-order valence-corrected chi connectivity index (χ0v) is 15.9. The lowest BCUT2D eigenvalue weighted by molar-refractivity contribution is 0.243. The van der Waals surface area contributed by atoms with E-state index in [4.69, 9.17) is 0 Å². The van der Waals surface area contributed by atoms with E-state index < -0.39 is 10.0 Å². The van der Waals surface area contributed by atoms with Crippen LogP contribution in [0.25, 0.3) is 10.8 Å². The van der Waals surface area contributed by atoms with Crippen LogP contribution in [-0.2, 0) is 10.0 Å². The summed E-state index contributed by atoms with van der Waals surface area (Å²) in [5.74, 6) is 1.20. The summed E-state index contributed by atoms with van der Waals surface area (Å²) < 4.78 is 27.8. The minimum atomic E-state index is -3.47. The largest absolute Gasteiger partial charge is 0.319 e. The van der Waals surface area contributed by atoms with Gasteiger partial charge in [0.1, 0.15) is 0 Å². The van der Waals surface area contributed by atoms with Gasteiger partial charge < -0.3 is 5.32 Å². The van der Waals surface area contributed by atoms with E-state index in [-0.39, 0.29) is 0 Å². The van der Waals surface area contributed by atoms with Gasteiger partial charge in [-0.05, 0) is 62.6 Å². The van der Waals surface area contributed by atoms with Crippen molar-refractivity contribution in [2.24, 2.45) is 11.8 Å². The van der Waals surface area contributed by atoms with E-state index in [2.05, 4.69) is 5.32 Å². The number of sulfonamides is 1. The molecule has 1 aliphatic carbocycles. The average Bonchev–Trinajstić information content (AvgIpc) is 2.63. The highest BCUT2D eigenvalue weighted by Gasteiger charge is 2.28. The first-order valence-electron chi connectivity index (χ1n) is 9.11. The Balaban J connectivity index is 1.74. The Labute approximate surface area is 151 Å². The molecule has 0 saturated heterocycles. The van der Waals surface area contributed by atoms with E-state index in [0.717, 1.165) is 36.1 Å². The molecule has 0 bridgehead atoms. The van der Waals surface area contributed by atoms with Crippen molar-refractivity contribution >= 4 is 20.8 Å². The van der Waals surface area contributed by atoms with Gasteiger partial charge in [0.2, 0.25) is 10.0 Å². The molecule has 0 atom stereocenters. The average molecular weight is 361 g/mol. The molecule has 1 N–H and O–H groups in total. The van der Waals surface area contributed by atoms with Crippen molar-refractivity contribution in [3.8, 4) is 0 Å². The molecule has 2 aromatic rings. The van der Waals surface area contributed by atoms with Crippen molar-refractivity contribution in [1.82, 2.24) is 9.62 Å². The van der Waals surface area contributed by atoms with Crippen LogP contribution in [-0.4, -0.2) is 39.9 Å². The van der Waals surface area contributed by atoms with Crippen molar-refractivity contribution in [3.63, 3.8) is 0 Å². The van der Waals surface area contributed by atoms with Crippen LogP contribution in [0.5, 0.6) is 0 Å². The Morgan fingerprint density at radius 2 is 1.64 bits per heavy atom. The fraction of sp³-hybridized carbons (Fsp3) is 0.500. The fourth-order valence-corrected chi connectivity index (χ4v) is 5.41. The number of nitrogens with one attached hydrogen (secondary N) is 1. The van der Waals surface area contributed by atoms with Crippen LogP contribution >= 0.6 is 0 Å². The van der Waals surface area contributed by atoms with Crippen LogP contribution in [0.1, 0.15) is 25.7 Å². The number of hydrogen-bond donors (Lipinski definition) is 1. The lowest BCUT2D eigenvalue weighted by Gasteiger charge is -2.31. The lowest BCUT2D eigenvalue weighted by atomic mass is 9.82. The van der Waals surface area contributed by atoms with Gasteiger partial charge in [-0.2, -0.15) is 0 Å². The first-order chi connectivity index (χ1) is 12.0. The zero-order valence-electron chi connectivity index (χ0n) is 15.1. The summed E-state index contributed by atoms with van der Waals surface area (Å²) in [7, 11) is 0.248. The standard InChI is InChI=1S/C20H28N2O2S/c1-21-14-16-10-12-17(13-11-16)15-22(2)25(23,24)20-9-5-7-18-6-3-4-8-19(18)20/h3-9,16-17,21H,10-15H2,1-2H3. The highest BCUT2D eigenvalue weighted by Crippen LogP contribution is 2.31. The third-order valence-electron chi connectivity index (χ3n) is 5.41. The smallest absolute Gasteiger partial charge is 0.243 e. The van der Waals surface area contributed by atoms with Gasteiger partial charge in [0.05, 0.1) is 4.90 Å². The van der Waals surface area contributed by atoms with E-state index in [9.17, 15) is 8.42 Å². The van der Waals surface area contributed by atoms with E-state index in [1.54, 1.807) is 17.4 Å². The molecule has 3 rings (SSSR count). The number of fused-ring (bicyclic) bond motifs is 1. The second kappa shape index (κ2) is 7.85. The monoisotopic (exact) mass is 360 g/mol. The maximum absolute atomic E-state index is 13.1. The fourth-order valence-electron chi connectivity index (χ4n) is 3.96. The van der Waals surface area contributed by atoms with E-state index in [0.29, 0.717) is 17.4 Å². The van der Waals surface area contributed by atoms with Crippen LogP contribution in [0.2, 0.25) is 0 Å². The summed E-state index contributed by atoms with van der Waals surface area (Å²) in [5, 5.41) is 5.01. The van der Waals surface area contributed by atoms with E-state index in [1.165, 1.54) is 12.8 Å². The minimum absolute atomic E-state index is 0.414. The van der Waals surface area contributed by atoms with Crippen LogP contribution in [0.4, 0.5) is 0 Å². The topological polar surface area (TPSA) is 49.4 Å². The molecule has 2 aromatic carbocycles. The Morgan fingerprint density at radius 3 is 2.36 bits per heavy atom. The molecule has 1 saturated carbocycles. The molecule has 5 heteroatoms. The first kappa shape index (κ1) is 18.4. The number of benzene rings is 2. The minimum Gasteiger partial charge on any atom is -0.319 e. The second-order valence-corrected chi connectivity index (χ2v) is 9.22. The molecule has 1 fully saturated rings. The summed E-state index contributed by atoms with van der Waals surface area (Å²) in [6.45, 7) is 1.68. The summed E-state index contributed by atoms with van der Waals surface area (Å²) >= 11 is 0. The van der Waals surface area contributed by atoms with E-state index in [1.807, 2.05) is 43.4 Å². The van der Waals surface area contributed by atoms with Gasteiger partial charge in [0.15, 0.2) is 0 Å². The molecule has 136 valence electrons. The predicted molar refractivity (Wildman–Crippen MR) is 103 cm³/mol. The van der Waals surface area contributed by atoms with Crippen LogP contribution < -0.4 is 5.32 Å². The quantitative estimate of drug-likeness (QED) is 0.858. The highest BCUT2D eigenvalue weighted by molar-refractivity contribution is 7.89.